The van der Waals surface area contributed by atoms with Gasteiger partial charge in [-0.15, -0.1) is 11.3 Å². The summed E-state index contributed by atoms with van der Waals surface area (Å²) in [6.45, 7) is 3.35. The van der Waals surface area contributed by atoms with E-state index < -0.39 is 0 Å². The van der Waals surface area contributed by atoms with Gasteiger partial charge in [0, 0.05) is 11.6 Å². The molecule has 1 aliphatic rings. The van der Waals surface area contributed by atoms with E-state index in [0.29, 0.717) is 6.04 Å². The third kappa shape index (κ3) is 3.28. The summed E-state index contributed by atoms with van der Waals surface area (Å²) in [6.07, 6.45) is 9.03. The monoisotopic (exact) mass is 224 g/mol. The fourth-order valence-corrected chi connectivity index (χ4v) is 3.01. The van der Waals surface area contributed by atoms with Crippen molar-refractivity contribution in [2.24, 2.45) is 5.92 Å². The highest BCUT2D eigenvalue weighted by Crippen LogP contribution is 2.27. The Morgan fingerprint density at radius 1 is 1.53 bits per heavy atom. The van der Waals surface area contributed by atoms with E-state index in [4.69, 9.17) is 0 Å². The van der Waals surface area contributed by atoms with Gasteiger partial charge in [-0.1, -0.05) is 25.7 Å². The van der Waals surface area contributed by atoms with E-state index in [9.17, 15) is 0 Å². The van der Waals surface area contributed by atoms with Crippen LogP contribution < -0.4 is 5.32 Å². The summed E-state index contributed by atoms with van der Waals surface area (Å²) in [7, 11) is 0. The predicted molar refractivity (Wildman–Crippen MR) is 65.1 cm³/mol. The highest BCUT2D eigenvalue weighted by Gasteiger charge is 2.15. The van der Waals surface area contributed by atoms with Gasteiger partial charge in [0.15, 0.2) is 0 Å². The summed E-state index contributed by atoms with van der Waals surface area (Å²) < 4.78 is 0. The Balaban J connectivity index is 1.65. The summed E-state index contributed by atoms with van der Waals surface area (Å²) in [5, 5.41) is 6.82. The molecule has 0 bridgehead atoms. The van der Waals surface area contributed by atoms with E-state index in [2.05, 4.69) is 17.2 Å². The Kier molecular flexibility index (Phi) is 4.15. The van der Waals surface area contributed by atoms with E-state index in [1.165, 1.54) is 37.1 Å². The molecule has 3 heteroatoms. The number of hydrogen-bond acceptors (Lipinski definition) is 3. The molecule has 84 valence electrons. The van der Waals surface area contributed by atoms with Crippen molar-refractivity contribution in [3.8, 4) is 0 Å². The summed E-state index contributed by atoms with van der Waals surface area (Å²) in [5.41, 5.74) is 0. The zero-order valence-electron chi connectivity index (χ0n) is 9.41. The van der Waals surface area contributed by atoms with Gasteiger partial charge >= 0.3 is 0 Å². The molecule has 1 aromatic rings. The minimum Gasteiger partial charge on any atom is -0.308 e. The van der Waals surface area contributed by atoms with Gasteiger partial charge in [-0.25, -0.2) is 4.98 Å². The normalized spacial score (nSPS) is 19.5. The molecule has 1 aromatic heterocycles. The second-order valence-electron chi connectivity index (χ2n) is 4.49. The second-order valence-corrected chi connectivity index (χ2v) is 5.41. The van der Waals surface area contributed by atoms with E-state index >= 15 is 0 Å². The lowest BCUT2D eigenvalue weighted by Crippen LogP contribution is -2.21. The molecule has 1 heterocycles. The third-order valence-corrected chi connectivity index (χ3v) is 4.26. The predicted octanol–water partition coefficient (Wildman–Crippen LogP) is 3.37. The minimum atomic E-state index is 0.423. The molecule has 1 unspecified atom stereocenters. The van der Waals surface area contributed by atoms with Crippen LogP contribution in [0.1, 0.15) is 50.1 Å². The Bertz CT molecular complexity index is 265. The molecule has 0 aromatic carbocycles. The molecule has 0 spiro atoms. The first-order valence-electron chi connectivity index (χ1n) is 5.99. The third-order valence-electron chi connectivity index (χ3n) is 3.30. The largest absolute Gasteiger partial charge is 0.308 e. The number of aromatic nitrogens is 1. The Labute approximate surface area is 96.1 Å². The first-order chi connectivity index (χ1) is 7.36. The van der Waals surface area contributed by atoms with Gasteiger partial charge in [0.1, 0.15) is 5.01 Å². The lowest BCUT2D eigenvalue weighted by atomic mass is 10.0. The molecule has 1 saturated carbocycles. The lowest BCUT2D eigenvalue weighted by molar-refractivity contribution is 0.454. The molecule has 0 radical (unpaired) electrons. The van der Waals surface area contributed by atoms with Crippen molar-refractivity contribution in [3.63, 3.8) is 0 Å². The molecule has 0 aliphatic heterocycles. The topological polar surface area (TPSA) is 24.9 Å². The molecule has 1 N–H and O–H groups in total. The van der Waals surface area contributed by atoms with Crippen molar-refractivity contribution in [3.05, 3.63) is 16.6 Å². The number of nitrogens with zero attached hydrogens (tertiary/aromatic N) is 1. The molecular formula is C12H20N2S. The molecule has 2 rings (SSSR count). The van der Waals surface area contributed by atoms with Crippen LogP contribution in [0.5, 0.6) is 0 Å². The molecule has 1 aliphatic carbocycles. The van der Waals surface area contributed by atoms with Crippen molar-refractivity contribution >= 4 is 11.3 Å². The van der Waals surface area contributed by atoms with Crippen LogP contribution >= 0.6 is 11.3 Å². The van der Waals surface area contributed by atoms with E-state index in [1.807, 2.05) is 11.6 Å². The molecular weight excluding hydrogens is 204 g/mol. The summed E-state index contributed by atoms with van der Waals surface area (Å²) in [6, 6.07) is 0.423. The van der Waals surface area contributed by atoms with Crippen LogP contribution in [0.25, 0.3) is 0 Å². The standard InChI is InChI=1S/C12H20N2S/c1-10(12-14-8-9-15-12)13-7-6-11-4-2-3-5-11/h8-11,13H,2-7H2,1H3. The summed E-state index contributed by atoms with van der Waals surface area (Å²) in [5.74, 6) is 0.987. The van der Waals surface area contributed by atoms with Crippen molar-refractivity contribution in [2.75, 3.05) is 6.54 Å². The van der Waals surface area contributed by atoms with Crippen molar-refractivity contribution in [1.82, 2.24) is 10.3 Å². The van der Waals surface area contributed by atoms with Crippen LogP contribution in [0.4, 0.5) is 0 Å². The number of nitrogens with one attached hydrogen (secondary N) is 1. The van der Waals surface area contributed by atoms with Crippen molar-refractivity contribution in [2.45, 2.75) is 45.1 Å². The van der Waals surface area contributed by atoms with E-state index in [1.54, 1.807) is 11.3 Å². The quantitative estimate of drug-likeness (QED) is 0.829. The van der Waals surface area contributed by atoms with Crippen LogP contribution in [0.15, 0.2) is 11.6 Å². The maximum Gasteiger partial charge on any atom is 0.109 e. The average molecular weight is 224 g/mol. The van der Waals surface area contributed by atoms with E-state index in [-0.39, 0.29) is 0 Å². The zero-order valence-corrected chi connectivity index (χ0v) is 10.2. The van der Waals surface area contributed by atoms with Gasteiger partial charge in [-0.3, -0.25) is 0 Å². The van der Waals surface area contributed by atoms with Gasteiger partial charge in [0.2, 0.25) is 0 Å². The first-order valence-corrected chi connectivity index (χ1v) is 6.87. The van der Waals surface area contributed by atoms with Crippen LogP contribution in [0, 0.1) is 5.92 Å². The van der Waals surface area contributed by atoms with Gasteiger partial charge < -0.3 is 5.32 Å². The van der Waals surface area contributed by atoms with Crippen LogP contribution in [0.3, 0.4) is 0 Å². The number of thiazole rings is 1. The number of hydrogen-bond donors (Lipinski definition) is 1. The van der Waals surface area contributed by atoms with Crippen LogP contribution in [-0.4, -0.2) is 11.5 Å². The summed E-state index contributed by atoms with van der Waals surface area (Å²) >= 11 is 1.74. The molecule has 1 atom stereocenters. The Hall–Kier alpha value is -0.410. The van der Waals surface area contributed by atoms with Gasteiger partial charge in [-0.05, 0) is 25.8 Å². The fourth-order valence-electron chi connectivity index (χ4n) is 2.34. The molecule has 0 amide bonds. The lowest BCUT2D eigenvalue weighted by Gasteiger charge is -2.13. The Morgan fingerprint density at radius 2 is 2.33 bits per heavy atom. The second kappa shape index (κ2) is 5.61. The van der Waals surface area contributed by atoms with Gasteiger partial charge in [-0.2, -0.15) is 0 Å². The van der Waals surface area contributed by atoms with Gasteiger partial charge in [0.25, 0.3) is 0 Å². The molecule has 1 fully saturated rings. The highest BCUT2D eigenvalue weighted by atomic mass is 32.1. The van der Waals surface area contributed by atoms with Crippen molar-refractivity contribution < 1.29 is 0 Å². The smallest absolute Gasteiger partial charge is 0.109 e. The maximum atomic E-state index is 4.32. The van der Waals surface area contributed by atoms with Gasteiger partial charge in [0.05, 0.1) is 6.04 Å². The first kappa shape index (κ1) is 11.1. The summed E-state index contributed by atoms with van der Waals surface area (Å²) in [4.78, 5) is 4.32. The number of rotatable bonds is 5. The fraction of sp³-hybridized carbons (Fsp3) is 0.750. The molecule has 2 nitrogen and oxygen atoms in total. The molecule has 0 saturated heterocycles. The highest BCUT2D eigenvalue weighted by molar-refractivity contribution is 7.09. The average Bonchev–Trinajstić information content (AvgIpc) is 2.90. The SMILES string of the molecule is CC(NCCC1CCCC1)c1nccs1. The maximum absolute atomic E-state index is 4.32. The van der Waals surface area contributed by atoms with Crippen molar-refractivity contribution in [1.29, 1.82) is 0 Å². The minimum absolute atomic E-state index is 0.423. The van der Waals surface area contributed by atoms with Crippen LogP contribution in [-0.2, 0) is 0 Å². The Morgan fingerprint density at radius 3 is 3.00 bits per heavy atom. The van der Waals surface area contributed by atoms with E-state index in [0.717, 1.165) is 12.5 Å². The molecule has 15 heavy (non-hydrogen) atoms. The van der Waals surface area contributed by atoms with Crippen LogP contribution in [0.2, 0.25) is 0 Å². The zero-order chi connectivity index (χ0) is 10.5.